The molecule has 0 aromatic heterocycles. The summed E-state index contributed by atoms with van der Waals surface area (Å²) in [6.07, 6.45) is 7.77. The van der Waals surface area contributed by atoms with E-state index >= 15 is 0 Å². The Morgan fingerprint density at radius 2 is 1.55 bits per heavy atom. The van der Waals surface area contributed by atoms with E-state index in [1.807, 2.05) is 6.21 Å². The molecule has 2 aliphatic rings. The fourth-order valence-electron chi connectivity index (χ4n) is 2.81. The maximum absolute atomic E-state index is 8.91. The molecule has 0 atom stereocenters. The minimum absolute atomic E-state index is 0.0359. The zero-order chi connectivity index (χ0) is 17.1. The Morgan fingerprint density at radius 1 is 1.00 bits per heavy atom. The van der Waals surface area contributed by atoms with Gasteiger partial charge in [0.25, 0.3) is 0 Å². The maximum Gasteiger partial charge on any atom is 0.0540 e. The van der Waals surface area contributed by atoms with Gasteiger partial charge in [0, 0.05) is 6.54 Å². The van der Waals surface area contributed by atoms with E-state index < -0.39 is 0 Å². The van der Waals surface area contributed by atoms with Crippen LogP contribution in [0.3, 0.4) is 0 Å². The van der Waals surface area contributed by atoms with Crippen molar-refractivity contribution in [3.8, 4) is 0 Å². The van der Waals surface area contributed by atoms with E-state index in [1.54, 1.807) is 0 Å². The number of aliphatic hydroxyl groups is 1. The van der Waals surface area contributed by atoms with E-state index in [1.165, 1.54) is 19.3 Å². The molecule has 1 N–H and O–H groups in total. The number of rotatable bonds is 0. The molecule has 1 heterocycles. The van der Waals surface area contributed by atoms with Gasteiger partial charge in [0.1, 0.15) is 0 Å². The summed E-state index contributed by atoms with van der Waals surface area (Å²) < 4.78 is 1.28. The molecule has 0 spiro atoms. The number of aliphatic hydroxyl groups excluding tert-OH is 1. The first-order chi connectivity index (χ1) is 10.1. The monoisotopic (exact) mass is 366 g/mol. The molecule has 4 heteroatoms. The Morgan fingerprint density at radius 3 is 1.68 bits per heavy atom. The van der Waals surface area contributed by atoms with Gasteiger partial charge < -0.3 is 15.4 Å². The smallest absolute Gasteiger partial charge is 0.0540 e. The SMILES string of the molecule is C1=NCC[N-]C1.C[C](C)(C)[Ga][C](C)(C)C.OC1CCCCC1. The molecular formula is C18H37GaN2O-. The zero-order valence-corrected chi connectivity index (χ0v) is 18.2. The minimum Gasteiger partial charge on any atom is -0.393 e. The van der Waals surface area contributed by atoms with Crippen LogP contribution in [-0.2, 0) is 0 Å². The van der Waals surface area contributed by atoms with Crippen LogP contribution in [0.25, 0.3) is 5.32 Å². The van der Waals surface area contributed by atoms with Crippen LogP contribution in [-0.4, -0.2) is 54.5 Å². The largest absolute Gasteiger partial charge is 0.393 e. The summed E-state index contributed by atoms with van der Waals surface area (Å²) in [5, 5.41) is 12.9. The molecule has 0 amide bonds. The molecule has 0 aromatic rings. The average Bonchev–Trinajstić information content (AvgIpc) is 2.39. The topological polar surface area (TPSA) is 46.7 Å². The van der Waals surface area contributed by atoms with Crippen LogP contribution in [0.5, 0.6) is 0 Å². The van der Waals surface area contributed by atoms with E-state index in [2.05, 4.69) is 51.9 Å². The summed E-state index contributed by atoms with van der Waals surface area (Å²) in [6, 6.07) is 0. The molecule has 129 valence electrons. The summed E-state index contributed by atoms with van der Waals surface area (Å²) in [5.41, 5.74) is 0. The van der Waals surface area contributed by atoms with E-state index in [9.17, 15) is 0 Å². The summed E-state index contributed by atoms with van der Waals surface area (Å²) in [7, 11) is 0. The van der Waals surface area contributed by atoms with E-state index in [0.717, 1.165) is 32.5 Å². The van der Waals surface area contributed by atoms with Crippen LogP contribution >= 0.6 is 0 Å². The van der Waals surface area contributed by atoms with Crippen molar-refractivity contribution in [2.45, 2.75) is 87.7 Å². The molecule has 0 unspecified atom stereocenters. The Hall–Kier alpha value is 0.226. The van der Waals surface area contributed by atoms with Gasteiger partial charge in [-0.2, -0.15) is 0 Å². The van der Waals surface area contributed by atoms with Gasteiger partial charge in [0.15, 0.2) is 0 Å². The van der Waals surface area contributed by atoms with E-state index in [4.69, 9.17) is 5.11 Å². The fourth-order valence-corrected chi connectivity index (χ4v) is 8.26. The summed E-state index contributed by atoms with van der Waals surface area (Å²) >= 11 is -0.0625. The van der Waals surface area contributed by atoms with Gasteiger partial charge in [-0.05, 0) is 19.1 Å². The Balaban J connectivity index is 0.000000306. The second-order valence-corrected chi connectivity index (χ2v) is 16.3. The summed E-state index contributed by atoms with van der Waals surface area (Å²) in [4.78, 5) is 3.96. The van der Waals surface area contributed by atoms with Crippen LogP contribution in [0.15, 0.2) is 4.99 Å². The van der Waals surface area contributed by atoms with Crippen molar-refractivity contribution in [2.24, 2.45) is 4.99 Å². The third-order valence-corrected chi connectivity index (χ3v) is 6.80. The van der Waals surface area contributed by atoms with Crippen LogP contribution < -0.4 is 0 Å². The van der Waals surface area contributed by atoms with Gasteiger partial charge in [-0.25, -0.2) is 0 Å². The van der Waals surface area contributed by atoms with Crippen molar-refractivity contribution < 1.29 is 5.11 Å². The van der Waals surface area contributed by atoms with Crippen molar-refractivity contribution in [2.75, 3.05) is 19.6 Å². The molecule has 1 radical (unpaired) electrons. The van der Waals surface area contributed by atoms with Gasteiger partial charge >= 0.3 is 66.9 Å². The van der Waals surface area contributed by atoms with Crippen molar-refractivity contribution in [3.05, 3.63) is 5.32 Å². The number of aliphatic imine (C=N–C) groups is 1. The van der Waals surface area contributed by atoms with Crippen molar-refractivity contribution in [1.29, 1.82) is 0 Å². The average molecular weight is 367 g/mol. The third kappa shape index (κ3) is 18.3. The molecule has 1 saturated carbocycles. The van der Waals surface area contributed by atoms with E-state index in [-0.39, 0.29) is 23.5 Å². The first-order valence-corrected chi connectivity index (χ1v) is 11.2. The van der Waals surface area contributed by atoms with Crippen LogP contribution in [0, 0.1) is 0 Å². The third-order valence-electron chi connectivity index (χ3n) is 3.17. The molecule has 1 fully saturated rings. The summed E-state index contributed by atoms with van der Waals surface area (Å²) in [5.74, 6) is 0. The second-order valence-electron chi connectivity index (χ2n) is 8.39. The molecule has 0 aromatic carbocycles. The zero-order valence-electron chi connectivity index (χ0n) is 15.7. The molecule has 22 heavy (non-hydrogen) atoms. The van der Waals surface area contributed by atoms with Crippen molar-refractivity contribution in [3.63, 3.8) is 0 Å². The Bertz CT molecular complexity index is 266. The fraction of sp³-hybridized carbons (Fsp3) is 0.944. The van der Waals surface area contributed by atoms with Crippen molar-refractivity contribution in [1.82, 2.24) is 0 Å². The summed E-state index contributed by atoms with van der Waals surface area (Å²) in [6.45, 7) is 16.8. The minimum atomic E-state index is -0.0625. The van der Waals surface area contributed by atoms with Crippen LogP contribution in [0.2, 0.25) is 7.94 Å². The standard InChI is InChI=1S/C6H12O.C4H7N2.2C4H9.Ga/c7-6-4-2-1-3-5-6;1-2-6-4-3-5-1;2*1-4(2)3;/h6-7H,1-5H2;1H,2-4H2;2*1-3H3;/q;-1;;;. The van der Waals surface area contributed by atoms with Gasteiger partial charge in [-0.15, -0.1) is 13.1 Å². The van der Waals surface area contributed by atoms with Crippen molar-refractivity contribution >= 4 is 23.6 Å². The Labute approximate surface area is 146 Å². The molecule has 2 rings (SSSR count). The van der Waals surface area contributed by atoms with Crippen LogP contribution in [0.4, 0.5) is 0 Å². The molecule has 1 aliphatic carbocycles. The second kappa shape index (κ2) is 11.7. The first kappa shape index (κ1) is 22.2. The normalized spacial score (nSPS) is 19.4. The predicted molar refractivity (Wildman–Crippen MR) is 101 cm³/mol. The number of hydrogen-bond acceptors (Lipinski definition) is 2. The molecule has 1 aliphatic heterocycles. The number of hydrogen-bond donors (Lipinski definition) is 1. The van der Waals surface area contributed by atoms with Gasteiger partial charge in [-0.1, -0.05) is 19.3 Å². The van der Waals surface area contributed by atoms with Gasteiger partial charge in [-0.3, -0.25) is 0 Å². The molecular weight excluding hydrogens is 330 g/mol. The van der Waals surface area contributed by atoms with Crippen LogP contribution in [0.1, 0.15) is 73.6 Å². The number of nitrogens with zero attached hydrogens (tertiary/aromatic N) is 2. The predicted octanol–water partition coefficient (Wildman–Crippen LogP) is 4.88. The van der Waals surface area contributed by atoms with E-state index in [0.29, 0.717) is 7.94 Å². The quantitative estimate of drug-likeness (QED) is 0.610. The first-order valence-electron chi connectivity index (χ1n) is 8.77. The van der Waals surface area contributed by atoms with Gasteiger partial charge in [0.05, 0.1) is 6.10 Å². The molecule has 3 nitrogen and oxygen atoms in total. The Kier molecular flexibility index (Phi) is 11.8. The van der Waals surface area contributed by atoms with Gasteiger partial charge in [0.2, 0.25) is 0 Å². The molecule has 0 bridgehead atoms. The molecule has 0 saturated heterocycles. The maximum atomic E-state index is 8.91.